The molecule has 1 fully saturated rings. The average molecular weight is 147 g/mol. The van der Waals surface area contributed by atoms with Gasteiger partial charge in [0, 0.05) is 0 Å². The highest BCUT2D eigenvalue weighted by atomic mass is 32.1. The molecule has 0 radical (unpaired) electrons. The standard InChI is InChI=1S/C5H9NO2S/c1-8-6-3-2-4(9)5(6)7/h4,9H,2-3H2,1H3. The SMILES string of the molecule is CON1CCC(S)C1=O. The predicted octanol–water partition coefficient (Wildman–Crippen LogP) is 0.0785. The largest absolute Gasteiger partial charge is 0.274 e. The number of hydroxylamine groups is 2. The molecule has 1 atom stereocenters. The molecular formula is C5H9NO2S. The Morgan fingerprint density at radius 3 is 2.78 bits per heavy atom. The predicted molar refractivity (Wildman–Crippen MR) is 36.1 cm³/mol. The Bertz CT molecular complexity index is 128. The first-order valence-corrected chi connectivity index (χ1v) is 3.31. The molecular weight excluding hydrogens is 138 g/mol. The van der Waals surface area contributed by atoms with Gasteiger partial charge in [0.05, 0.1) is 18.9 Å². The fourth-order valence-corrected chi connectivity index (χ4v) is 1.06. The van der Waals surface area contributed by atoms with Crippen LogP contribution in [-0.2, 0) is 9.63 Å². The van der Waals surface area contributed by atoms with Gasteiger partial charge in [-0.05, 0) is 6.42 Å². The van der Waals surface area contributed by atoms with E-state index in [2.05, 4.69) is 12.6 Å². The molecule has 1 aliphatic rings. The highest BCUT2D eigenvalue weighted by Crippen LogP contribution is 2.15. The molecule has 9 heavy (non-hydrogen) atoms. The summed E-state index contributed by atoms with van der Waals surface area (Å²) < 4.78 is 0. The van der Waals surface area contributed by atoms with Crippen molar-refractivity contribution < 1.29 is 9.63 Å². The molecule has 52 valence electrons. The number of carbonyl (C=O) groups is 1. The zero-order valence-electron chi connectivity index (χ0n) is 5.20. The number of carbonyl (C=O) groups excluding carboxylic acids is 1. The Labute approximate surface area is 59.3 Å². The van der Waals surface area contributed by atoms with Gasteiger partial charge in [0.2, 0.25) is 0 Å². The van der Waals surface area contributed by atoms with Crippen molar-refractivity contribution in [2.45, 2.75) is 11.7 Å². The minimum absolute atomic E-state index is 0.0270. The van der Waals surface area contributed by atoms with Gasteiger partial charge in [0.15, 0.2) is 0 Å². The smallest absolute Gasteiger partial charge is 0.259 e. The zero-order valence-corrected chi connectivity index (χ0v) is 6.10. The van der Waals surface area contributed by atoms with Crippen LogP contribution in [0.25, 0.3) is 0 Å². The van der Waals surface area contributed by atoms with Crippen molar-refractivity contribution in [2.75, 3.05) is 13.7 Å². The van der Waals surface area contributed by atoms with E-state index in [1.165, 1.54) is 12.2 Å². The van der Waals surface area contributed by atoms with E-state index >= 15 is 0 Å². The second kappa shape index (κ2) is 2.58. The van der Waals surface area contributed by atoms with Crippen LogP contribution in [0.1, 0.15) is 6.42 Å². The Morgan fingerprint density at radius 1 is 1.89 bits per heavy atom. The van der Waals surface area contributed by atoms with Crippen molar-refractivity contribution in [1.82, 2.24) is 5.06 Å². The van der Waals surface area contributed by atoms with Crippen LogP contribution in [0.2, 0.25) is 0 Å². The number of thiol groups is 1. The van der Waals surface area contributed by atoms with Crippen LogP contribution in [0, 0.1) is 0 Å². The minimum Gasteiger partial charge on any atom is -0.274 e. The Balaban J connectivity index is 2.51. The fraction of sp³-hybridized carbons (Fsp3) is 0.800. The molecule has 1 saturated heterocycles. The lowest BCUT2D eigenvalue weighted by molar-refractivity contribution is -0.166. The quantitative estimate of drug-likeness (QED) is 0.532. The number of hydrogen-bond acceptors (Lipinski definition) is 3. The van der Waals surface area contributed by atoms with E-state index < -0.39 is 0 Å². The van der Waals surface area contributed by atoms with Gasteiger partial charge in [-0.15, -0.1) is 0 Å². The third kappa shape index (κ3) is 1.19. The maximum Gasteiger partial charge on any atom is 0.259 e. The number of amides is 1. The van der Waals surface area contributed by atoms with Gasteiger partial charge < -0.3 is 0 Å². The molecule has 3 nitrogen and oxygen atoms in total. The molecule has 1 unspecified atom stereocenters. The van der Waals surface area contributed by atoms with Gasteiger partial charge >= 0.3 is 0 Å². The Morgan fingerprint density at radius 2 is 2.56 bits per heavy atom. The van der Waals surface area contributed by atoms with Crippen LogP contribution in [0.3, 0.4) is 0 Å². The number of nitrogens with zero attached hydrogens (tertiary/aromatic N) is 1. The van der Waals surface area contributed by atoms with Crippen molar-refractivity contribution in [3.8, 4) is 0 Å². The highest BCUT2D eigenvalue weighted by Gasteiger charge is 2.28. The van der Waals surface area contributed by atoms with Crippen molar-refractivity contribution in [3.63, 3.8) is 0 Å². The normalized spacial score (nSPS) is 27.6. The fourth-order valence-electron chi connectivity index (χ4n) is 0.821. The Hall–Kier alpha value is -0.220. The summed E-state index contributed by atoms with van der Waals surface area (Å²) in [6.45, 7) is 0.670. The average Bonchev–Trinajstić information content (AvgIpc) is 2.15. The highest BCUT2D eigenvalue weighted by molar-refractivity contribution is 7.81. The summed E-state index contributed by atoms with van der Waals surface area (Å²) >= 11 is 4.03. The van der Waals surface area contributed by atoms with E-state index in [0.717, 1.165) is 6.42 Å². The molecule has 0 N–H and O–H groups in total. The zero-order chi connectivity index (χ0) is 6.85. The molecule has 0 aromatic rings. The van der Waals surface area contributed by atoms with E-state index in [1.54, 1.807) is 0 Å². The second-order valence-electron chi connectivity index (χ2n) is 1.93. The lowest BCUT2D eigenvalue weighted by atomic mass is 10.4. The maximum atomic E-state index is 10.9. The summed E-state index contributed by atoms with van der Waals surface area (Å²) in [5, 5.41) is 1.18. The van der Waals surface area contributed by atoms with E-state index in [4.69, 9.17) is 4.84 Å². The van der Waals surface area contributed by atoms with Crippen molar-refractivity contribution in [3.05, 3.63) is 0 Å². The van der Waals surface area contributed by atoms with E-state index in [9.17, 15) is 4.79 Å². The van der Waals surface area contributed by atoms with E-state index in [0.29, 0.717) is 6.54 Å². The number of rotatable bonds is 1. The van der Waals surface area contributed by atoms with Crippen molar-refractivity contribution in [1.29, 1.82) is 0 Å². The maximum absolute atomic E-state index is 10.9. The summed E-state index contributed by atoms with van der Waals surface area (Å²) in [5.74, 6) is -0.0270. The molecule has 1 heterocycles. The number of hydrogen-bond donors (Lipinski definition) is 1. The van der Waals surface area contributed by atoms with Crippen LogP contribution in [0.5, 0.6) is 0 Å². The topological polar surface area (TPSA) is 29.5 Å². The summed E-state index contributed by atoms with van der Waals surface area (Å²) in [6, 6.07) is 0. The van der Waals surface area contributed by atoms with Crippen LogP contribution in [0.15, 0.2) is 0 Å². The van der Waals surface area contributed by atoms with Crippen LogP contribution < -0.4 is 0 Å². The second-order valence-corrected chi connectivity index (χ2v) is 2.55. The summed E-state index contributed by atoms with van der Waals surface area (Å²) in [5.41, 5.74) is 0. The first-order valence-electron chi connectivity index (χ1n) is 2.79. The van der Waals surface area contributed by atoms with Crippen LogP contribution in [-0.4, -0.2) is 29.9 Å². The van der Waals surface area contributed by atoms with E-state index in [-0.39, 0.29) is 11.2 Å². The summed E-state index contributed by atoms with van der Waals surface area (Å²) in [7, 11) is 1.49. The van der Waals surface area contributed by atoms with Crippen molar-refractivity contribution >= 4 is 18.5 Å². The molecule has 0 saturated carbocycles. The van der Waals surface area contributed by atoms with E-state index in [1.807, 2.05) is 0 Å². The lowest BCUT2D eigenvalue weighted by Crippen LogP contribution is -2.26. The van der Waals surface area contributed by atoms with Crippen LogP contribution in [0.4, 0.5) is 0 Å². The van der Waals surface area contributed by atoms with Gasteiger partial charge in [0.25, 0.3) is 5.91 Å². The Kier molecular flexibility index (Phi) is 1.97. The molecule has 1 aliphatic heterocycles. The van der Waals surface area contributed by atoms with Gasteiger partial charge in [-0.1, -0.05) is 0 Å². The van der Waals surface area contributed by atoms with Gasteiger partial charge in [-0.25, -0.2) is 5.06 Å². The van der Waals surface area contributed by atoms with Gasteiger partial charge in [0.1, 0.15) is 0 Å². The van der Waals surface area contributed by atoms with Crippen LogP contribution >= 0.6 is 12.6 Å². The molecule has 0 aromatic carbocycles. The lowest BCUT2D eigenvalue weighted by Gasteiger charge is -2.10. The third-order valence-corrected chi connectivity index (χ3v) is 1.84. The summed E-state index contributed by atoms with van der Waals surface area (Å²) in [4.78, 5) is 15.6. The van der Waals surface area contributed by atoms with Gasteiger partial charge in [-0.3, -0.25) is 9.63 Å². The van der Waals surface area contributed by atoms with Crippen molar-refractivity contribution in [2.24, 2.45) is 0 Å². The molecule has 0 aromatic heterocycles. The minimum atomic E-state index is -0.148. The summed E-state index contributed by atoms with van der Waals surface area (Å²) in [6.07, 6.45) is 0.787. The first-order chi connectivity index (χ1) is 4.25. The molecule has 4 heteroatoms. The monoisotopic (exact) mass is 147 g/mol. The first kappa shape index (κ1) is 6.89. The van der Waals surface area contributed by atoms with Gasteiger partial charge in [-0.2, -0.15) is 12.6 Å². The third-order valence-electron chi connectivity index (χ3n) is 1.36. The molecule has 0 spiro atoms. The molecule has 1 rings (SSSR count). The molecule has 1 amide bonds. The molecule has 0 aliphatic carbocycles. The molecule has 0 bridgehead atoms.